The van der Waals surface area contributed by atoms with Gasteiger partial charge in [0.05, 0.1) is 0 Å². The molecule has 148 valence electrons. The number of ether oxygens (including phenoxy) is 1. The number of amides is 1. The molecule has 0 aliphatic heterocycles. The number of nitrogens with two attached hydrogens (primary N) is 1. The van der Waals surface area contributed by atoms with Crippen molar-refractivity contribution >= 4 is 29.6 Å². The molecule has 0 heterocycles. The van der Waals surface area contributed by atoms with E-state index in [-0.39, 0.29) is 6.09 Å². The van der Waals surface area contributed by atoms with Gasteiger partial charge < -0.3 is 15.8 Å². The largest absolute Gasteiger partial charge is 0.444 e. The van der Waals surface area contributed by atoms with Gasteiger partial charge in [-0.15, -0.1) is 23.5 Å². The van der Waals surface area contributed by atoms with Crippen LogP contribution in [0.2, 0.25) is 0 Å². The highest BCUT2D eigenvalue weighted by Crippen LogP contribution is 2.20. The van der Waals surface area contributed by atoms with Crippen LogP contribution in [0.5, 0.6) is 0 Å². The van der Waals surface area contributed by atoms with Crippen molar-refractivity contribution < 1.29 is 9.53 Å². The van der Waals surface area contributed by atoms with Gasteiger partial charge in [-0.3, -0.25) is 0 Å². The van der Waals surface area contributed by atoms with Crippen LogP contribution < -0.4 is 11.1 Å². The normalized spacial score (nSPS) is 10.6. The molecule has 3 N–H and O–H groups in total. The lowest BCUT2D eigenvalue weighted by atomic mass is 10.2. The first-order valence-electron chi connectivity index (χ1n) is 8.71. The molecule has 6 heteroatoms. The molecule has 2 rings (SSSR count). The zero-order valence-electron chi connectivity index (χ0n) is 16.7. The Hall–Kier alpha value is -1.63. The lowest BCUT2D eigenvalue weighted by Crippen LogP contribution is -2.32. The van der Waals surface area contributed by atoms with Crippen molar-refractivity contribution in [3.63, 3.8) is 0 Å². The van der Waals surface area contributed by atoms with E-state index in [1.807, 2.05) is 63.4 Å². The van der Waals surface area contributed by atoms with Crippen LogP contribution in [-0.4, -0.2) is 24.2 Å². The molecule has 2 aromatic carbocycles. The fraction of sp³-hybridized carbons (Fsp3) is 0.381. The van der Waals surface area contributed by atoms with Crippen LogP contribution >= 0.6 is 23.5 Å². The van der Waals surface area contributed by atoms with Crippen LogP contribution in [0.25, 0.3) is 0 Å². The topological polar surface area (TPSA) is 64.3 Å². The summed E-state index contributed by atoms with van der Waals surface area (Å²) in [6, 6.07) is 16.2. The lowest BCUT2D eigenvalue weighted by molar-refractivity contribution is 0.0523. The van der Waals surface area contributed by atoms with E-state index < -0.39 is 5.60 Å². The van der Waals surface area contributed by atoms with Crippen molar-refractivity contribution in [2.75, 3.05) is 12.5 Å². The monoisotopic (exact) mass is 406 g/mol. The Bertz CT molecular complexity index is 692. The van der Waals surface area contributed by atoms with E-state index >= 15 is 0 Å². The Morgan fingerprint density at radius 3 is 1.89 bits per heavy atom. The smallest absolute Gasteiger partial charge is 0.407 e. The van der Waals surface area contributed by atoms with E-state index in [1.54, 1.807) is 23.5 Å². The van der Waals surface area contributed by atoms with Gasteiger partial charge in [0, 0.05) is 22.9 Å². The Morgan fingerprint density at radius 2 is 1.44 bits per heavy atom. The second-order valence-electron chi connectivity index (χ2n) is 6.68. The molecular formula is C21H30N2O2S2. The summed E-state index contributed by atoms with van der Waals surface area (Å²) in [6.07, 6.45) is 3.70. The molecule has 0 bridgehead atoms. The molecule has 27 heavy (non-hydrogen) atoms. The molecule has 0 saturated carbocycles. The number of alkyl carbamates (subject to hydrolysis) is 1. The van der Waals surface area contributed by atoms with Crippen LogP contribution in [0.4, 0.5) is 4.79 Å². The van der Waals surface area contributed by atoms with Gasteiger partial charge in [0.1, 0.15) is 5.60 Å². The van der Waals surface area contributed by atoms with E-state index in [2.05, 4.69) is 23.7 Å². The molecule has 0 aromatic heterocycles. The van der Waals surface area contributed by atoms with E-state index in [4.69, 9.17) is 10.5 Å². The molecule has 0 fully saturated rings. The molecular weight excluding hydrogens is 376 g/mol. The molecule has 0 aliphatic carbocycles. The minimum atomic E-state index is -0.455. The summed E-state index contributed by atoms with van der Waals surface area (Å²) in [5.41, 5.74) is 7.39. The molecule has 0 unspecified atom stereocenters. The number of carbonyl (C=O) groups excluding carboxylic acids is 1. The van der Waals surface area contributed by atoms with E-state index in [0.29, 0.717) is 13.1 Å². The summed E-state index contributed by atoms with van der Waals surface area (Å²) in [7, 11) is 0. The van der Waals surface area contributed by atoms with Gasteiger partial charge in [-0.05, 0) is 56.5 Å². The Kier molecular flexibility index (Phi) is 10.4. The second-order valence-corrected chi connectivity index (χ2v) is 8.38. The van der Waals surface area contributed by atoms with Crippen LogP contribution in [-0.2, 0) is 17.8 Å². The van der Waals surface area contributed by atoms with Crippen molar-refractivity contribution in [2.45, 2.75) is 49.3 Å². The quantitative estimate of drug-likeness (QED) is 0.660. The number of hydrogen-bond donors (Lipinski definition) is 2. The van der Waals surface area contributed by atoms with Gasteiger partial charge in [0.15, 0.2) is 0 Å². The summed E-state index contributed by atoms with van der Waals surface area (Å²) < 4.78 is 5.18. The van der Waals surface area contributed by atoms with Crippen molar-refractivity contribution in [1.29, 1.82) is 0 Å². The predicted octanol–water partition coefficient (Wildman–Crippen LogP) is 5.30. The van der Waals surface area contributed by atoms with Gasteiger partial charge in [-0.25, -0.2) is 4.79 Å². The Balaban J connectivity index is 0.000000309. The fourth-order valence-electron chi connectivity index (χ4n) is 2.20. The zero-order valence-corrected chi connectivity index (χ0v) is 18.4. The average Bonchev–Trinajstić information content (AvgIpc) is 2.65. The number of thioether (sulfide) groups is 2. The van der Waals surface area contributed by atoms with Crippen molar-refractivity contribution in [1.82, 2.24) is 5.32 Å². The molecule has 2 aromatic rings. The van der Waals surface area contributed by atoms with Gasteiger partial charge in [-0.1, -0.05) is 36.4 Å². The molecule has 4 nitrogen and oxygen atoms in total. The predicted molar refractivity (Wildman–Crippen MR) is 117 cm³/mol. The third-order valence-electron chi connectivity index (χ3n) is 3.43. The van der Waals surface area contributed by atoms with Crippen LogP contribution in [0.1, 0.15) is 31.9 Å². The molecule has 0 aliphatic rings. The molecule has 0 radical (unpaired) electrons. The minimum absolute atomic E-state index is 0.381. The van der Waals surface area contributed by atoms with Gasteiger partial charge in [0.2, 0.25) is 0 Å². The first kappa shape index (κ1) is 23.4. The van der Waals surface area contributed by atoms with Crippen LogP contribution in [0, 0.1) is 0 Å². The van der Waals surface area contributed by atoms with Gasteiger partial charge in [-0.2, -0.15) is 0 Å². The first-order chi connectivity index (χ1) is 12.8. The fourth-order valence-corrected chi connectivity index (χ4v) is 3.45. The first-order valence-corrected chi connectivity index (χ1v) is 11.2. The highest BCUT2D eigenvalue weighted by Gasteiger charge is 2.15. The summed E-state index contributed by atoms with van der Waals surface area (Å²) >= 11 is 3.41. The second kappa shape index (κ2) is 12.0. The standard InChI is InChI=1S/C13H19NO2S.C8H11NS/c1-13(2,3)16-12(15)14-9-10-7-5-6-8-11(10)17-4;1-10-8-5-3-2-4-7(8)6-9/h5-8H,9H2,1-4H3,(H,14,15);2-5H,6,9H2,1H3. The molecule has 1 amide bonds. The number of hydrogen-bond acceptors (Lipinski definition) is 5. The maximum atomic E-state index is 11.5. The summed E-state index contributed by atoms with van der Waals surface area (Å²) in [6.45, 7) is 6.68. The lowest BCUT2D eigenvalue weighted by Gasteiger charge is -2.20. The van der Waals surface area contributed by atoms with Crippen molar-refractivity contribution in [3.8, 4) is 0 Å². The molecule has 0 saturated heterocycles. The van der Waals surface area contributed by atoms with E-state index in [9.17, 15) is 4.79 Å². The summed E-state index contributed by atoms with van der Waals surface area (Å²) in [4.78, 5) is 13.9. The van der Waals surface area contributed by atoms with Crippen molar-refractivity contribution in [2.24, 2.45) is 5.73 Å². The van der Waals surface area contributed by atoms with Crippen molar-refractivity contribution in [3.05, 3.63) is 59.7 Å². The van der Waals surface area contributed by atoms with Crippen LogP contribution in [0.15, 0.2) is 58.3 Å². The van der Waals surface area contributed by atoms with Gasteiger partial charge >= 0.3 is 6.09 Å². The molecule has 0 atom stereocenters. The highest BCUT2D eigenvalue weighted by molar-refractivity contribution is 7.98. The Morgan fingerprint density at radius 1 is 0.963 bits per heavy atom. The maximum Gasteiger partial charge on any atom is 0.407 e. The van der Waals surface area contributed by atoms with Crippen LogP contribution in [0.3, 0.4) is 0 Å². The number of benzene rings is 2. The van der Waals surface area contributed by atoms with Gasteiger partial charge in [0.25, 0.3) is 0 Å². The van der Waals surface area contributed by atoms with E-state index in [0.717, 1.165) is 5.56 Å². The Labute approximate surface area is 171 Å². The summed E-state index contributed by atoms with van der Waals surface area (Å²) in [5, 5.41) is 2.76. The average molecular weight is 407 g/mol. The SMILES string of the molecule is CSc1ccccc1CN.CSc1ccccc1CNC(=O)OC(C)(C)C. The third-order valence-corrected chi connectivity index (χ3v) is 5.10. The molecule has 0 spiro atoms. The minimum Gasteiger partial charge on any atom is -0.444 e. The highest BCUT2D eigenvalue weighted by atomic mass is 32.2. The summed E-state index contributed by atoms with van der Waals surface area (Å²) in [5.74, 6) is 0. The number of nitrogens with one attached hydrogen (secondary N) is 1. The zero-order chi connectivity index (χ0) is 20.3. The maximum absolute atomic E-state index is 11.5. The number of rotatable bonds is 5. The number of carbonyl (C=O) groups is 1. The van der Waals surface area contributed by atoms with E-state index in [1.165, 1.54) is 15.4 Å². The third kappa shape index (κ3) is 9.22.